The van der Waals surface area contributed by atoms with Crippen molar-refractivity contribution in [1.29, 1.82) is 0 Å². The van der Waals surface area contributed by atoms with E-state index in [1.165, 1.54) is 11.3 Å². The molecule has 19 heavy (non-hydrogen) atoms. The first-order valence-corrected chi connectivity index (χ1v) is 6.42. The smallest absolute Gasteiger partial charge is 0.263 e. The SMILES string of the molecule is CNC(=O)c1sc(Nc2ccc(OC)nc2)nc1C. The number of aryl methyl sites for hydroxylation is 1. The molecule has 2 N–H and O–H groups in total. The van der Waals surface area contributed by atoms with E-state index in [1.54, 1.807) is 33.3 Å². The third-order valence-corrected chi connectivity index (χ3v) is 3.50. The molecule has 0 atom stereocenters. The number of pyridine rings is 1. The van der Waals surface area contributed by atoms with E-state index < -0.39 is 0 Å². The van der Waals surface area contributed by atoms with Gasteiger partial charge in [-0.3, -0.25) is 4.79 Å². The molecule has 0 aliphatic heterocycles. The van der Waals surface area contributed by atoms with Crippen LogP contribution in [0.1, 0.15) is 15.4 Å². The second kappa shape index (κ2) is 5.66. The van der Waals surface area contributed by atoms with Gasteiger partial charge in [0.15, 0.2) is 5.13 Å². The number of nitrogens with zero attached hydrogens (tertiary/aromatic N) is 2. The Bertz CT molecular complexity index is 580. The third kappa shape index (κ3) is 3.00. The summed E-state index contributed by atoms with van der Waals surface area (Å²) in [6.45, 7) is 1.80. The quantitative estimate of drug-likeness (QED) is 0.894. The Morgan fingerprint density at radius 3 is 2.79 bits per heavy atom. The summed E-state index contributed by atoms with van der Waals surface area (Å²) in [6, 6.07) is 3.59. The highest BCUT2D eigenvalue weighted by atomic mass is 32.1. The minimum Gasteiger partial charge on any atom is -0.481 e. The van der Waals surface area contributed by atoms with E-state index in [2.05, 4.69) is 20.6 Å². The number of rotatable bonds is 4. The van der Waals surface area contributed by atoms with Crippen LogP contribution in [0, 0.1) is 6.92 Å². The maximum atomic E-state index is 11.6. The first-order chi connectivity index (χ1) is 9.13. The molecule has 0 aliphatic carbocycles. The van der Waals surface area contributed by atoms with Crippen LogP contribution in [0.4, 0.5) is 10.8 Å². The zero-order chi connectivity index (χ0) is 13.8. The fourth-order valence-electron chi connectivity index (χ4n) is 1.47. The molecule has 0 saturated carbocycles. The van der Waals surface area contributed by atoms with Gasteiger partial charge in [0.25, 0.3) is 5.91 Å². The fourth-order valence-corrected chi connectivity index (χ4v) is 2.41. The van der Waals surface area contributed by atoms with E-state index >= 15 is 0 Å². The van der Waals surface area contributed by atoms with Crippen LogP contribution in [0.25, 0.3) is 0 Å². The molecule has 7 heteroatoms. The fraction of sp³-hybridized carbons (Fsp3) is 0.250. The van der Waals surface area contributed by atoms with E-state index in [-0.39, 0.29) is 5.91 Å². The number of nitrogens with one attached hydrogen (secondary N) is 2. The Hall–Kier alpha value is -2.15. The molecule has 0 spiro atoms. The molecule has 0 aliphatic rings. The molecule has 0 fully saturated rings. The summed E-state index contributed by atoms with van der Waals surface area (Å²) < 4.78 is 4.98. The molecule has 1 amide bonds. The highest BCUT2D eigenvalue weighted by Crippen LogP contribution is 2.25. The van der Waals surface area contributed by atoms with Crippen molar-refractivity contribution in [3.63, 3.8) is 0 Å². The predicted octanol–water partition coefficient (Wildman–Crippen LogP) is 1.96. The van der Waals surface area contributed by atoms with Crippen LogP contribution in [0.15, 0.2) is 18.3 Å². The molecule has 2 rings (SSSR count). The third-order valence-electron chi connectivity index (χ3n) is 2.43. The van der Waals surface area contributed by atoms with Gasteiger partial charge < -0.3 is 15.4 Å². The molecule has 2 aromatic heterocycles. The van der Waals surface area contributed by atoms with Crippen LogP contribution < -0.4 is 15.4 Å². The van der Waals surface area contributed by atoms with Gasteiger partial charge in [0, 0.05) is 13.1 Å². The molecule has 2 aromatic rings. The minimum absolute atomic E-state index is 0.129. The Morgan fingerprint density at radius 1 is 1.42 bits per heavy atom. The van der Waals surface area contributed by atoms with Gasteiger partial charge in [0.1, 0.15) is 4.88 Å². The molecule has 100 valence electrons. The van der Waals surface area contributed by atoms with Gasteiger partial charge >= 0.3 is 0 Å². The Kier molecular flexibility index (Phi) is 3.96. The lowest BCUT2D eigenvalue weighted by Crippen LogP contribution is -2.17. The molecule has 0 aromatic carbocycles. The maximum absolute atomic E-state index is 11.6. The van der Waals surface area contributed by atoms with Crippen LogP contribution in [-0.4, -0.2) is 30.0 Å². The number of hydrogen-bond donors (Lipinski definition) is 2. The average molecular weight is 278 g/mol. The van der Waals surface area contributed by atoms with E-state index in [0.29, 0.717) is 21.6 Å². The summed E-state index contributed by atoms with van der Waals surface area (Å²) in [5.74, 6) is 0.419. The molecule has 0 saturated heterocycles. The largest absolute Gasteiger partial charge is 0.481 e. The Labute approximate surface area is 114 Å². The molecule has 0 bridgehead atoms. The highest BCUT2D eigenvalue weighted by Gasteiger charge is 2.13. The van der Waals surface area contributed by atoms with Crippen molar-refractivity contribution in [2.24, 2.45) is 0 Å². The van der Waals surface area contributed by atoms with Crippen molar-refractivity contribution in [1.82, 2.24) is 15.3 Å². The van der Waals surface area contributed by atoms with Gasteiger partial charge in [0.05, 0.1) is 24.7 Å². The number of carbonyl (C=O) groups excluding carboxylic acids is 1. The Balaban J connectivity index is 2.16. The lowest BCUT2D eigenvalue weighted by molar-refractivity contribution is 0.0966. The molecular weight excluding hydrogens is 264 g/mol. The first kappa shape index (κ1) is 13.3. The van der Waals surface area contributed by atoms with Crippen molar-refractivity contribution in [2.45, 2.75) is 6.92 Å². The van der Waals surface area contributed by atoms with Crippen LogP contribution in [0.2, 0.25) is 0 Å². The van der Waals surface area contributed by atoms with E-state index in [1.807, 2.05) is 6.07 Å². The number of thiazole rings is 1. The molecule has 0 unspecified atom stereocenters. The molecule has 2 heterocycles. The second-order valence-corrected chi connectivity index (χ2v) is 4.73. The Morgan fingerprint density at radius 2 is 2.21 bits per heavy atom. The molecular formula is C12H14N4O2S. The van der Waals surface area contributed by atoms with Crippen LogP contribution in [-0.2, 0) is 0 Å². The number of methoxy groups -OCH3 is 1. The van der Waals surface area contributed by atoms with Gasteiger partial charge in [-0.15, -0.1) is 0 Å². The zero-order valence-corrected chi connectivity index (χ0v) is 11.7. The average Bonchev–Trinajstić information content (AvgIpc) is 2.79. The van der Waals surface area contributed by atoms with Gasteiger partial charge in [-0.2, -0.15) is 0 Å². The molecule has 6 nitrogen and oxygen atoms in total. The summed E-state index contributed by atoms with van der Waals surface area (Å²) in [5, 5.41) is 6.35. The summed E-state index contributed by atoms with van der Waals surface area (Å²) in [7, 11) is 3.16. The van der Waals surface area contributed by atoms with Gasteiger partial charge in [-0.25, -0.2) is 9.97 Å². The second-order valence-electron chi connectivity index (χ2n) is 3.73. The predicted molar refractivity (Wildman–Crippen MR) is 74.3 cm³/mol. The zero-order valence-electron chi connectivity index (χ0n) is 10.9. The number of anilines is 2. The van der Waals surface area contributed by atoms with Gasteiger partial charge in [0.2, 0.25) is 5.88 Å². The lowest BCUT2D eigenvalue weighted by Gasteiger charge is -2.02. The number of aromatic nitrogens is 2. The van der Waals surface area contributed by atoms with Crippen LogP contribution in [0.5, 0.6) is 5.88 Å². The van der Waals surface area contributed by atoms with Gasteiger partial charge in [-0.1, -0.05) is 11.3 Å². The monoisotopic (exact) mass is 278 g/mol. The van der Waals surface area contributed by atoms with Gasteiger partial charge in [-0.05, 0) is 13.0 Å². The normalized spacial score (nSPS) is 10.1. The van der Waals surface area contributed by atoms with Crippen molar-refractivity contribution in [3.05, 3.63) is 28.9 Å². The number of carbonyl (C=O) groups is 1. The summed E-state index contributed by atoms with van der Waals surface area (Å²) in [5.41, 5.74) is 1.49. The maximum Gasteiger partial charge on any atom is 0.263 e. The van der Waals surface area contributed by atoms with Crippen LogP contribution in [0.3, 0.4) is 0 Å². The summed E-state index contributed by atoms with van der Waals surface area (Å²) >= 11 is 1.30. The standard InChI is InChI=1S/C12H14N4O2S/c1-7-10(11(17)13-2)19-12(15-7)16-8-4-5-9(18-3)14-6-8/h4-6H,1-3H3,(H,13,17)(H,15,16). The van der Waals surface area contributed by atoms with Crippen molar-refractivity contribution in [2.75, 3.05) is 19.5 Å². The highest BCUT2D eigenvalue weighted by molar-refractivity contribution is 7.17. The number of hydrogen-bond acceptors (Lipinski definition) is 6. The summed E-state index contributed by atoms with van der Waals surface area (Å²) in [6.07, 6.45) is 1.65. The van der Waals surface area contributed by atoms with E-state index in [4.69, 9.17) is 4.74 Å². The minimum atomic E-state index is -0.129. The molecule has 0 radical (unpaired) electrons. The lowest BCUT2D eigenvalue weighted by atomic mass is 10.4. The van der Waals surface area contributed by atoms with Crippen molar-refractivity contribution >= 4 is 28.1 Å². The summed E-state index contributed by atoms with van der Waals surface area (Å²) in [4.78, 5) is 20.6. The van der Waals surface area contributed by atoms with Crippen molar-refractivity contribution < 1.29 is 9.53 Å². The van der Waals surface area contributed by atoms with E-state index in [0.717, 1.165) is 5.69 Å². The first-order valence-electron chi connectivity index (χ1n) is 5.60. The number of amides is 1. The number of ether oxygens (including phenoxy) is 1. The van der Waals surface area contributed by atoms with E-state index in [9.17, 15) is 4.79 Å². The topological polar surface area (TPSA) is 76.1 Å². The van der Waals surface area contributed by atoms with Crippen molar-refractivity contribution in [3.8, 4) is 5.88 Å². The van der Waals surface area contributed by atoms with Crippen LogP contribution >= 0.6 is 11.3 Å².